The van der Waals surface area contributed by atoms with Crippen LogP contribution < -0.4 is 4.74 Å². The fourth-order valence-corrected chi connectivity index (χ4v) is 3.15. The van der Waals surface area contributed by atoms with Gasteiger partial charge in [-0.15, -0.1) is 0 Å². The predicted octanol–water partition coefficient (Wildman–Crippen LogP) is 3.43. The van der Waals surface area contributed by atoms with E-state index in [1.54, 1.807) is 6.07 Å². The molecule has 3 aromatic rings. The smallest absolute Gasteiger partial charge is 0.254 e. The van der Waals surface area contributed by atoms with Crippen LogP contribution in [0.15, 0.2) is 60.8 Å². The first-order valence-corrected chi connectivity index (χ1v) is 8.39. The number of nitrogens with zero attached hydrogens (tertiary/aromatic N) is 3. The number of ether oxygens (including phenoxy) is 1. The van der Waals surface area contributed by atoms with Crippen molar-refractivity contribution >= 4 is 5.91 Å². The van der Waals surface area contributed by atoms with Crippen molar-refractivity contribution in [1.29, 1.82) is 0 Å². The van der Waals surface area contributed by atoms with Gasteiger partial charge < -0.3 is 9.64 Å². The molecule has 25 heavy (non-hydrogen) atoms. The van der Waals surface area contributed by atoms with Crippen LogP contribution in [0.25, 0.3) is 5.69 Å². The molecule has 0 unspecified atom stereocenters. The zero-order chi connectivity index (χ0) is 17.2. The van der Waals surface area contributed by atoms with Crippen molar-refractivity contribution in [3.8, 4) is 11.4 Å². The summed E-state index contributed by atoms with van der Waals surface area (Å²) in [6, 6.07) is 17.3. The van der Waals surface area contributed by atoms with Gasteiger partial charge in [-0.05, 0) is 37.3 Å². The number of rotatable bonds is 4. The molecule has 126 valence electrons. The van der Waals surface area contributed by atoms with E-state index < -0.39 is 0 Å². The van der Waals surface area contributed by atoms with Gasteiger partial charge in [-0.2, -0.15) is 5.10 Å². The fourth-order valence-electron chi connectivity index (χ4n) is 3.15. The normalized spacial score (nSPS) is 12.9. The molecule has 2 heterocycles. The Bertz CT molecular complexity index is 902. The molecule has 1 aliphatic rings. The van der Waals surface area contributed by atoms with Crippen LogP contribution in [-0.2, 0) is 13.1 Å². The number of carbonyl (C=O) groups excluding carboxylic acids is 1. The van der Waals surface area contributed by atoms with Crippen LogP contribution in [0.2, 0.25) is 0 Å². The van der Waals surface area contributed by atoms with E-state index in [9.17, 15) is 4.79 Å². The molecular weight excluding hydrogens is 314 g/mol. The second-order valence-corrected chi connectivity index (χ2v) is 5.99. The quantitative estimate of drug-likeness (QED) is 0.735. The van der Waals surface area contributed by atoms with Gasteiger partial charge in [0.1, 0.15) is 5.75 Å². The maximum atomic E-state index is 12.9. The maximum absolute atomic E-state index is 12.9. The van der Waals surface area contributed by atoms with E-state index in [1.165, 1.54) is 0 Å². The van der Waals surface area contributed by atoms with Crippen LogP contribution in [0.5, 0.6) is 5.75 Å². The number of aromatic nitrogens is 2. The largest absolute Gasteiger partial charge is 0.494 e. The minimum Gasteiger partial charge on any atom is -0.494 e. The lowest BCUT2D eigenvalue weighted by molar-refractivity contribution is 0.0748. The number of para-hydroxylation sites is 1. The summed E-state index contributed by atoms with van der Waals surface area (Å²) in [5, 5.41) is 4.47. The van der Waals surface area contributed by atoms with Gasteiger partial charge in [0.05, 0.1) is 30.7 Å². The lowest BCUT2D eigenvalue weighted by atomic mass is 10.2. The first-order valence-electron chi connectivity index (χ1n) is 8.39. The van der Waals surface area contributed by atoms with E-state index in [2.05, 4.69) is 5.10 Å². The Morgan fingerprint density at radius 3 is 2.76 bits per heavy atom. The van der Waals surface area contributed by atoms with E-state index in [-0.39, 0.29) is 5.91 Å². The Balaban J connectivity index is 1.57. The molecule has 1 aliphatic heterocycles. The molecule has 0 saturated carbocycles. The molecule has 0 fully saturated rings. The highest BCUT2D eigenvalue weighted by Gasteiger charge is 2.28. The minimum absolute atomic E-state index is 0.0114. The summed E-state index contributed by atoms with van der Waals surface area (Å²) in [6.07, 6.45) is 1.85. The van der Waals surface area contributed by atoms with Crippen molar-refractivity contribution in [2.45, 2.75) is 20.0 Å². The molecule has 2 aromatic carbocycles. The molecule has 1 amide bonds. The average Bonchev–Trinajstić information content (AvgIpc) is 3.23. The van der Waals surface area contributed by atoms with Crippen molar-refractivity contribution in [3.05, 3.63) is 77.6 Å². The van der Waals surface area contributed by atoms with Crippen LogP contribution in [0.1, 0.15) is 28.5 Å². The van der Waals surface area contributed by atoms with Crippen molar-refractivity contribution in [3.63, 3.8) is 0 Å². The summed E-state index contributed by atoms with van der Waals surface area (Å²) in [4.78, 5) is 14.7. The Hall–Kier alpha value is -3.08. The van der Waals surface area contributed by atoms with Crippen LogP contribution in [0, 0.1) is 0 Å². The summed E-state index contributed by atoms with van der Waals surface area (Å²) in [5.74, 6) is 0.734. The van der Waals surface area contributed by atoms with Crippen LogP contribution in [0.3, 0.4) is 0 Å². The van der Waals surface area contributed by atoms with Crippen molar-refractivity contribution in [2.75, 3.05) is 6.61 Å². The molecule has 1 aromatic heterocycles. The third kappa shape index (κ3) is 2.89. The Kier molecular flexibility index (Phi) is 3.98. The first kappa shape index (κ1) is 15.4. The van der Waals surface area contributed by atoms with E-state index in [1.807, 2.05) is 71.2 Å². The van der Waals surface area contributed by atoms with Gasteiger partial charge in [0.2, 0.25) is 0 Å². The molecule has 5 heteroatoms. The third-order valence-corrected chi connectivity index (χ3v) is 4.34. The highest BCUT2D eigenvalue weighted by atomic mass is 16.5. The lowest BCUT2D eigenvalue weighted by Crippen LogP contribution is -2.26. The summed E-state index contributed by atoms with van der Waals surface area (Å²) >= 11 is 0. The summed E-state index contributed by atoms with van der Waals surface area (Å²) < 4.78 is 7.41. The van der Waals surface area contributed by atoms with E-state index in [0.717, 1.165) is 22.7 Å². The van der Waals surface area contributed by atoms with E-state index in [0.29, 0.717) is 25.3 Å². The summed E-state index contributed by atoms with van der Waals surface area (Å²) in [5.41, 5.74) is 3.82. The SMILES string of the molecule is CCOc1cccc(C(=O)N2Cc3cnn(-c4ccccc4)c3C2)c1. The van der Waals surface area contributed by atoms with Gasteiger partial charge in [-0.1, -0.05) is 24.3 Å². The van der Waals surface area contributed by atoms with Crippen LogP contribution >= 0.6 is 0 Å². The summed E-state index contributed by atoms with van der Waals surface area (Å²) in [6.45, 7) is 3.66. The molecule has 0 radical (unpaired) electrons. The number of benzene rings is 2. The maximum Gasteiger partial charge on any atom is 0.254 e. The number of fused-ring (bicyclic) bond motifs is 1. The van der Waals surface area contributed by atoms with Gasteiger partial charge in [-0.25, -0.2) is 4.68 Å². The lowest BCUT2D eigenvalue weighted by Gasteiger charge is -2.17. The second kappa shape index (κ2) is 6.43. The average molecular weight is 333 g/mol. The minimum atomic E-state index is 0.0114. The number of amides is 1. The Morgan fingerprint density at radius 2 is 1.96 bits per heavy atom. The first-order chi connectivity index (χ1) is 12.3. The summed E-state index contributed by atoms with van der Waals surface area (Å²) in [7, 11) is 0. The second-order valence-electron chi connectivity index (χ2n) is 5.99. The molecular formula is C20H19N3O2. The highest BCUT2D eigenvalue weighted by Crippen LogP contribution is 2.27. The molecule has 0 N–H and O–H groups in total. The molecule has 5 nitrogen and oxygen atoms in total. The van der Waals surface area contributed by atoms with Gasteiger partial charge in [0.15, 0.2) is 0 Å². The number of hydrogen-bond donors (Lipinski definition) is 0. The number of carbonyl (C=O) groups is 1. The third-order valence-electron chi connectivity index (χ3n) is 4.34. The molecule has 0 bridgehead atoms. The predicted molar refractivity (Wildman–Crippen MR) is 94.8 cm³/mol. The molecule has 4 rings (SSSR count). The van der Waals surface area contributed by atoms with Gasteiger partial charge in [0, 0.05) is 17.7 Å². The molecule has 0 aliphatic carbocycles. The van der Waals surface area contributed by atoms with Gasteiger partial charge in [-0.3, -0.25) is 4.79 Å². The number of hydrogen-bond acceptors (Lipinski definition) is 3. The van der Waals surface area contributed by atoms with E-state index in [4.69, 9.17) is 4.74 Å². The highest BCUT2D eigenvalue weighted by molar-refractivity contribution is 5.94. The zero-order valence-electron chi connectivity index (χ0n) is 14.1. The Morgan fingerprint density at radius 1 is 1.12 bits per heavy atom. The fraction of sp³-hybridized carbons (Fsp3) is 0.200. The Labute approximate surface area is 146 Å². The molecule has 0 saturated heterocycles. The van der Waals surface area contributed by atoms with E-state index >= 15 is 0 Å². The topological polar surface area (TPSA) is 47.4 Å². The van der Waals surface area contributed by atoms with Crippen LogP contribution in [-0.4, -0.2) is 27.2 Å². The monoisotopic (exact) mass is 333 g/mol. The van der Waals surface area contributed by atoms with Gasteiger partial charge >= 0.3 is 0 Å². The zero-order valence-corrected chi connectivity index (χ0v) is 14.1. The van der Waals surface area contributed by atoms with Gasteiger partial charge in [0.25, 0.3) is 5.91 Å². The van der Waals surface area contributed by atoms with Crippen molar-refractivity contribution < 1.29 is 9.53 Å². The molecule has 0 spiro atoms. The standard InChI is InChI=1S/C20H19N3O2/c1-2-25-18-10-6-7-15(11-18)20(24)22-13-16-12-21-23(19(16)14-22)17-8-4-3-5-9-17/h3-12H,2,13-14H2,1H3. The van der Waals surface area contributed by atoms with Crippen molar-refractivity contribution in [1.82, 2.24) is 14.7 Å². The van der Waals surface area contributed by atoms with Crippen molar-refractivity contribution in [2.24, 2.45) is 0 Å². The van der Waals surface area contributed by atoms with Crippen LogP contribution in [0.4, 0.5) is 0 Å². The molecule has 0 atom stereocenters.